The highest BCUT2D eigenvalue weighted by molar-refractivity contribution is 5.93. The van der Waals surface area contributed by atoms with Crippen LogP contribution < -0.4 is 14.2 Å². The normalized spacial score (nSPS) is 13.9. The van der Waals surface area contributed by atoms with Crippen LogP contribution in [0.3, 0.4) is 0 Å². The number of hydrogen-bond acceptors (Lipinski definition) is 6. The minimum Gasteiger partial charge on any atom is -0.489 e. The van der Waals surface area contributed by atoms with Crippen molar-refractivity contribution in [1.82, 2.24) is 9.97 Å². The molecule has 160 valence electrons. The van der Waals surface area contributed by atoms with Crippen LogP contribution >= 0.6 is 0 Å². The summed E-state index contributed by atoms with van der Waals surface area (Å²) >= 11 is 0. The molecule has 3 N–H and O–H groups in total. The summed E-state index contributed by atoms with van der Waals surface area (Å²) in [6, 6.07) is 8.53. The molecule has 1 atom stereocenters. The zero-order valence-corrected chi connectivity index (χ0v) is 16.8. The van der Waals surface area contributed by atoms with E-state index in [9.17, 15) is 5.11 Å². The summed E-state index contributed by atoms with van der Waals surface area (Å²) in [7, 11) is 0. The van der Waals surface area contributed by atoms with Crippen LogP contribution in [-0.4, -0.2) is 46.1 Å². The van der Waals surface area contributed by atoms with E-state index in [1.165, 1.54) is 0 Å². The molecule has 0 radical (unpaired) electrons. The third-order valence-corrected chi connectivity index (χ3v) is 5.31. The van der Waals surface area contributed by atoms with Crippen LogP contribution in [-0.2, 0) is 6.42 Å². The fourth-order valence-electron chi connectivity index (χ4n) is 3.89. The molecule has 5 rings (SSSR count). The van der Waals surface area contributed by atoms with E-state index < -0.39 is 18.5 Å². The maximum absolute atomic E-state index is 15.1. The fourth-order valence-corrected chi connectivity index (χ4v) is 3.89. The lowest BCUT2D eigenvalue weighted by Gasteiger charge is -2.16. The Bertz CT molecular complexity index is 1290. The van der Waals surface area contributed by atoms with Gasteiger partial charge < -0.3 is 29.4 Å². The molecule has 2 aromatic heterocycles. The van der Waals surface area contributed by atoms with Gasteiger partial charge in [-0.25, -0.2) is 4.39 Å². The molecule has 0 aliphatic carbocycles. The highest BCUT2D eigenvalue weighted by Crippen LogP contribution is 2.45. The van der Waals surface area contributed by atoms with E-state index >= 15 is 4.39 Å². The van der Waals surface area contributed by atoms with Crippen molar-refractivity contribution in [3.63, 3.8) is 0 Å². The zero-order chi connectivity index (χ0) is 21.5. The maximum atomic E-state index is 15.1. The number of rotatable bonds is 6. The number of aliphatic hydroxyl groups excluding tert-OH is 2. The number of fused-ring (bicyclic) bond motifs is 4. The van der Waals surface area contributed by atoms with Gasteiger partial charge in [-0.1, -0.05) is 0 Å². The average molecular weight is 424 g/mol. The lowest BCUT2D eigenvalue weighted by molar-refractivity contribution is 0.0527. The highest BCUT2D eigenvalue weighted by Gasteiger charge is 2.25. The Morgan fingerprint density at radius 3 is 2.94 bits per heavy atom. The number of aromatic amines is 1. The van der Waals surface area contributed by atoms with Crippen molar-refractivity contribution < 1.29 is 28.8 Å². The molecule has 0 spiro atoms. The summed E-state index contributed by atoms with van der Waals surface area (Å²) < 4.78 is 32.5. The molecule has 1 unspecified atom stereocenters. The molecular weight excluding hydrogens is 403 g/mol. The number of ether oxygens (including phenoxy) is 3. The summed E-state index contributed by atoms with van der Waals surface area (Å²) in [5.74, 6) is 1.15. The molecule has 31 heavy (non-hydrogen) atoms. The second-order valence-electron chi connectivity index (χ2n) is 7.52. The molecule has 1 aliphatic rings. The fraction of sp³-hybridized carbons (Fsp3) is 0.261. The molecule has 1 aliphatic heterocycles. The predicted octanol–water partition coefficient (Wildman–Crippen LogP) is 3.62. The van der Waals surface area contributed by atoms with Crippen molar-refractivity contribution in [3.8, 4) is 23.0 Å². The summed E-state index contributed by atoms with van der Waals surface area (Å²) in [5, 5.41) is 19.8. The Morgan fingerprint density at radius 1 is 1.23 bits per heavy atom. The van der Waals surface area contributed by atoms with Gasteiger partial charge in [0.15, 0.2) is 23.1 Å². The molecule has 8 heteroatoms. The number of H-pyrrole nitrogens is 1. The number of nitrogens with zero attached hydrogens (tertiary/aromatic N) is 1. The molecule has 0 saturated carbocycles. The lowest BCUT2D eigenvalue weighted by Crippen LogP contribution is -2.21. The summed E-state index contributed by atoms with van der Waals surface area (Å²) in [6.07, 6.45) is 1.21. The number of pyridine rings is 1. The van der Waals surface area contributed by atoms with Crippen LogP contribution in [0.4, 0.5) is 4.39 Å². The van der Waals surface area contributed by atoms with Crippen molar-refractivity contribution >= 4 is 21.8 Å². The SMILES string of the molecule is Cc1cc2c(F)c(Oc3ccnc4cc(OCC(O)CO)c5c(c34)CCO5)ccc2[nH]1. The van der Waals surface area contributed by atoms with Crippen molar-refractivity contribution in [2.75, 3.05) is 19.8 Å². The maximum Gasteiger partial charge on any atom is 0.175 e. The van der Waals surface area contributed by atoms with Gasteiger partial charge in [-0.2, -0.15) is 0 Å². The number of benzene rings is 2. The first kappa shape index (κ1) is 19.6. The van der Waals surface area contributed by atoms with E-state index in [0.29, 0.717) is 46.7 Å². The first-order chi connectivity index (χ1) is 15.0. The number of hydrogen-bond donors (Lipinski definition) is 3. The van der Waals surface area contributed by atoms with E-state index in [-0.39, 0.29) is 12.4 Å². The van der Waals surface area contributed by atoms with E-state index in [0.717, 1.165) is 16.6 Å². The topological polar surface area (TPSA) is 96.8 Å². The average Bonchev–Trinajstić information content (AvgIpc) is 3.40. The van der Waals surface area contributed by atoms with Crippen LogP contribution in [0.1, 0.15) is 11.3 Å². The number of nitrogens with one attached hydrogen (secondary N) is 1. The minimum absolute atomic E-state index is 0.0741. The van der Waals surface area contributed by atoms with Gasteiger partial charge in [-0.05, 0) is 31.2 Å². The van der Waals surface area contributed by atoms with Gasteiger partial charge in [0.25, 0.3) is 0 Å². The van der Waals surface area contributed by atoms with Crippen molar-refractivity contribution in [2.45, 2.75) is 19.4 Å². The van der Waals surface area contributed by atoms with Gasteiger partial charge in [-0.3, -0.25) is 4.98 Å². The van der Waals surface area contributed by atoms with Gasteiger partial charge in [-0.15, -0.1) is 0 Å². The first-order valence-electron chi connectivity index (χ1n) is 10.00. The Balaban J connectivity index is 1.58. The Labute approximate surface area is 177 Å². The van der Waals surface area contributed by atoms with E-state index in [2.05, 4.69) is 9.97 Å². The van der Waals surface area contributed by atoms with Gasteiger partial charge in [0, 0.05) is 40.8 Å². The predicted molar refractivity (Wildman–Crippen MR) is 113 cm³/mol. The van der Waals surface area contributed by atoms with E-state index in [4.69, 9.17) is 19.3 Å². The third kappa shape index (κ3) is 3.43. The summed E-state index contributed by atoms with van der Waals surface area (Å²) in [4.78, 5) is 7.53. The summed E-state index contributed by atoms with van der Waals surface area (Å²) in [6.45, 7) is 1.86. The highest BCUT2D eigenvalue weighted by atomic mass is 19.1. The third-order valence-electron chi connectivity index (χ3n) is 5.31. The zero-order valence-electron chi connectivity index (χ0n) is 16.8. The lowest BCUT2D eigenvalue weighted by atomic mass is 10.0. The van der Waals surface area contributed by atoms with Crippen LogP contribution in [0, 0.1) is 12.7 Å². The summed E-state index contributed by atoms with van der Waals surface area (Å²) in [5.41, 5.74) is 3.04. The van der Waals surface area contributed by atoms with E-state index in [1.807, 2.05) is 6.92 Å². The van der Waals surface area contributed by atoms with Crippen LogP contribution in [0.2, 0.25) is 0 Å². The van der Waals surface area contributed by atoms with Crippen LogP contribution in [0.5, 0.6) is 23.0 Å². The quantitative estimate of drug-likeness (QED) is 0.438. The number of aromatic nitrogens is 2. The smallest absolute Gasteiger partial charge is 0.175 e. The largest absolute Gasteiger partial charge is 0.489 e. The Hall–Kier alpha value is -3.36. The van der Waals surface area contributed by atoms with Gasteiger partial charge in [0.05, 0.1) is 24.1 Å². The van der Waals surface area contributed by atoms with Crippen molar-refractivity contribution in [1.29, 1.82) is 0 Å². The molecule has 0 saturated heterocycles. The number of aryl methyl sites for hydroxylation is 1. The molecule has 4 aromatic rings. The van der Waals surface area contributed by atoms with Gasteiger partial charge in [0.2, 0.25) is 0 Å². The molecule has 7 nitrogen and oxygen atoms in total. The van der Waals surface area contributed by atoms with Crippen LogP contribution in [0.15, 0.2) is 36.5 Å². The van der Waals surface area contributed by atoms with Crippen molar-refractivity contribution in [2.24, 2.45) is 0 Å². The van der Waals surface area contributed by atoms with E-state index in [1.54, 1.807) is 36.5 Å². The second kappa shape index (κ2) is 7.72. The molecule has 0 fully saturated rings. The van der Waals surface area contributed by atoms with Gasteiger partial charge >= 0.3 is 0 Å². The Morgan fingerprint density at radius 2 is 2.10 bits per heavy atom. The molecule has 2 aromatic carbocycles. The Kier molecular flexibility index (Phi) is 4.88. The number of aliphatic hydroxyl groups is 2. The monoisotopic (exact) mass is 424 g/mol. The molecule has 0 bridgehead atoms. The van der Waals surface area contributed by atoms with Crippen LogP contribution in [0.25, 0.3) is 21.8 Å². The first-order valence-corrected chi connectivity index (χ1v) is 10.00. The minimum atomic E-state index is -0.995. The van der Waals surface area contributed by atoms with Crippen molar-refractivity contribution in [3.05, 3.63) is 53.6 Å². The standard InChI is InChI=1S/C23H21FN2O5/c1-12-8-15-16(26-12)2-3-19(22(15)24)31-18-4-6-25-17-9-20(30-11-13(28)10-27)23-14(21(17)18)5-7-29-23/h2-4,6,8-9,13,26-28H,5,7,10-11H2,1H3. The second-order valence-corrected chi connectivity index (χ2v) is 7.52. The van der Waals surface area contributed by atoms with Gasteiger partial charge in [0.1, 0.15) is 18.5 Å². The number of halogens is 1. The molecule has 0 amide bonds. The molecular formula is C23H21FN2O5. The molecule has 3 heterocycles.